The lowest BCUT2D eigenvalue weighted by molar-refractivity contribution is 0.101. The molecule has 0 N–H and O–H groups in total. The molecule has 0 aromatic carbocycles. The second-order valence-corrected chi connectivity index (χ2v) is 8.29. The van der Waals surface area contributed by atoms with Crippen LogP contribution in [0.1, 0.15) is 38.9 Å². The van der Waals surface area contributed by atoms with Gasteiger partial charge in [-0.3, -0.25) is 4.90 Å². The quantitative estimate of drug-likeness (QED) is 0.755. The molecule has 2 fully saturated rings. The Balaban J connectivity index is 1.34. The molecule has 25 heavy (non-hydrogen) atoms. The summed E-state index contributed by atoms with van der Waals surface area (Å²) in [6.07, 6.45) is 9.15. The maximum absolute atomic E-state index is 4.51. The number of aromatic nitrogens is 2. The molecule has 0 aliphatic carbocycles. The fourth-order valence-electron chi connectivity index (χ4n) is 4.39. The first kappa shape index (κ1) is 18.9. The molecule has 5 heteroatoms. The van der Waals surface area contributed by atoms with E-state index < -0.39 is 0 Å². The molecule has 2 aliphatic heterocycles. The average molecular weight is 348 g/mol. The van der Waals surface area contributed by atoms with Gasteiger partial charge in [0.05, 0.1) is 0 Å². The van der Waals surface area contributed by atoms with Gasteiger partial charge in [-0.25, -0.2) is 4.98 Å². The van der Waals surface area contributed by atoms with Crippen molar-refractivity contribution in [2.24, 2.45) is 13.0 Å². The van der Waals surface area contributed by atoms with Gasteiger partial charge < -0.3 is 14.4 Å². The molecule has 1 aromatic heterocycles. The lowest BCUT2D eigenvalue weighted by Gasteiger charge is -2.37. The molecule has 142 valence electrons. The van der Waals surface area contributed by atoms with Crippen molar-refractivity contribution in [2.45, 2.75) is 45.6 Å². The van der Waals surface area contributed by atoms with E-state index in [9.17, 15) is 0 Å². The van der Waals surface area contributed by atoms with E-state index in [4.69, 9.17) is 0 Å². The van der Waals surface area contributed by atoms with Crippen molar-refractivity contribution in [3.05, 3.63) is 18.2 Å². The molecule has 5 nitrogen and oxygen atoms in total. The van der Waals surface area contributed by atoms with Crippen LogP contribution in [-0.2, 0) is 13.5 Å². The van der Waals surface area contributed by atoms with Crippen LogP contribution in [-0.4, -0.2) is 82.7 Å². The van der Waals surface area contributed by atoms with Crippen molar-refractivity contribution in [1.29, 1.82) is 0 Å². The second kappa shape index (κ2) is 9.15. The van der Waals surface area contributed by atoms with Crippen molar-refractivity contribution in [3.8, 4) is 0 Å². The molecule has 0 radical (unpaired) electrons. The van der Waals surface area contributed by atoms with Gasteiger partial charge in [-0.15, -0.1) is 0 Å². The first-order valence-electron chi connectivity index (χ1n) is 10.3. The molecule has 0 spiro atoms. The second-order valence-electron chi connectivity index (χ2n) is 8.29. The summed E-state index contributed by atoms with van der Waals surface area (Å²) >= 11 is 0. The minimum Gasteiger partial charge on any atom is -0.338 e. The first-order valence-corrected chi connectivity index (χ1v) is 10.3. The molecule has 3 rings (SSSR count). The Hall–Kier alpha value is -0.910. The molecule has 2 saturated heterocycles. The van der Waals surface area contributed by atoms with E-state index in [-0.39, 0.29) is 0 Å². The molecule has 0 saturated carbocycles. The van der Waals surface area contributed by atoms with Crippen molar-refractivity contribution in [3.63, 3.8) is 0 Å². The molecule has 3 heterocycles. The van der Waals surface area contributed by atoms with Gasteiger partial charge in [-0.05, 0) is 58.7 Å². The lowest BCUT2D eigenvalue weighted by Crippen LogP contribution is -2.49. The predicted molar refractivity (Wildman–Crippen MR) is 104 cm³/mol. The molecule has 0 amide bonds. The summed E-state index contributed by atoms with van der Waals surface area (Å²) < 4.78 is 2.18. The Labute approximate surface area is 154 Å². The summed E-state index contributed by atoms with van der Waals surface area (Å²) in [7, 11) is 2.11. The van der Waals surface area contributed by atoms with Gasteiger partial charge in [0.2, 0.25) is 0 Å². The van der Waals surface area contributed by atoms with Crippen molar-refractivity contribution in [1.82, 2.24) is 24.3 Å². The Morgan fingerprint density at radius 2 is 1.84 bits per heavy atom. The van der Waals surface area contributed by atoms with Gasteiger partial charge in [0, 0.05) is 64.6 Å². The Morgan fingerprint density at radius 3 is 2.52 bits per heavy atom. The Kier molecular flexibility index (Phi) is 6.91. The lowest BCUT2D eigenvalue weighted by atomic mass is 9.94. The fourth-order valence-corrected chi connectivity index (χ4v) is 4.39. The fraction of sp³-hybridized carbons (Fsp3) is 0.850. The number of piperidine rings is 1. The third-order valence-electron chi connectivity index (χ3n) is 6.08. The maximum Gasteiger partial charge on any atom is 0.108 e. The van der Waals surface area contributed by atoms with Crippen LogP contribution in [0.4, 0.5) is 0 Å². The van der Waals surface area contributed by atoms with Gasteiger partial charge in [-0.1, -0.05) is 0 Å². The van der Waals surface area contributed by atoms with Crippen LogP contribution in [0.15, 0.2) is 12.4 Å². The van der Waals surface area contributed by atoms with Gasteiger partial charge in [0.15, 0.2) is 0 Å². The van der Waals surface area contributed by atoms with Gasteiger partial charge in [0.1, 0.15) is 5.82 Å². The topological polar surface area (TPSA) is 27.5 Å². The molecular weight excluding hydrogens is 310 g/mol. The highest BCUT2D eigenvalue weighted by atomic mass is 15.3. The average Bonchev–Trinajstić information content (AvgIpc) is 3.00. The van der Waals surface area contributed by atoms with Crippen molar-refractivity contribution in [2.75, 3.05) is 52.4 Å². The molecule has 1 unspecified atom stereocenters. The van der Waals surface area contributed by atoms with Crippen LogP contribution in [0.25, 0.3) is 0 Å². The van der Waals surface area contributed by atoms with E-state index in [0.29, 0.717) is 6.04 Å². The summed E-state index contributed by atoms with van der Waals surface area (Å²) in [4.78, 5) is 12.5. The molecule has 1 aromatic rings. The summed E-state index contributed by atoms with van der Waals surface area (Å²) in [5.74, 6) is 2.03. The number of imidazole rings is 1. The van der Waals surface area contributed by atoms with Crippen LogP contribution < -0.4 is 0 Å². The van der Waals surface area contributed by atoms with E-state index in [0.717, 1.165) is 12.3 Å². The first-order chi connectivity index (χ1) is 12.1. The van der Waals surface area contributed by atoms with E-state index >= 15 is 0 Å². The smallest absolute Gasteiger partial charge is 0.108 e. The highest BCUT2D eigenvalue weighted by molar-refractivity contribution is 4.94. The number of hydrogen-bond donors (Lipinski definition) is 0. The Bertz CT molecular complexity index is 504. The van der Waals surface area contributed by atoms with E-state index in [2.05, 4.69) is 51.3 Å². The van der Waals surface area contributed by atoms with Crippen LogP contribution in [0.3, 0.4) is 0 Å². The molecule has 2 aliphatic rings. The third kappa shape index (κ3) is 5.53. The zero-order valence-electron chi connectivity index (χ0n) is 16.5. The van der Waals surface area contributed by atoms with Gasteiger partial charge >= 0.3 is 0 Å². The summed E-state index contributed by atoms with van der Waals surface area (Å²) in [5.41, 5.74) is 0. The summed E-state index contributed by atoms with van der Waals surface area (Å²) in [5, 5.41) is 0. The van der Waals surface area contributed by atoms with E-state index in [1.54, 1.807) is 0 Å². The third-order valence-corrected chi connectivity index (χ3v) is 6.08. The van der Waals surface area contributed by atoms with Crippen molar-refractivity contribution >= 4 is 0 Å². The zero-order chi connectivity index (χ0) is 17.6. The van der Waals surface area contributed by atoms with Gasteiger partial charge in [0.25, 0.3) is 0 Å². The number of piperazine rings is 1. The SMILES string of the molecule is CC(C)N1CCN(CCCN2CCCC(Cc3nccn3C)C2)CC1. The minimum atomic E-state index is 0.700. The summed E-state index contributed by atoms with van der Waals surface area (Å²) in [6.45, 7) is 14.7. The summed E-state index contributed by atoms with van der Waals surface area (Å²) in [6, 6.07) is 0.700. The normalized spacial score (nSPS) is 24.2. The number of rotatable bonds is 7. The van der Waals surface area contributed by atoms with Crippen LogP contribution >= 0.6 is 0 Å². The van der Waals surface area contributed by atoms with Crippen molar-refractivity contribution < 1.29 is 0 Å². The van der Waals surface area contributed by atoms with Crippen LogP contribution in [0.5, 0.6) is 0 Å². The van der Waals surface area contributed by atoms with E-state index in [1.807, 2.05) is 6.20 Å². The number of likely N-dealkylation sites (tertiary alicyclic amines) is 1. The highest BCUT2D eigenvalue weighted by Gasteiger charge is 2.22. The zero-order valence-corrected chi connectivity index (χ0v) is 16.5. The minimum absolute atomic E-state index is 0.700. The Morgan fingerprint density at radius 1 is 1.08 bits per heavy atom. The monoisotopic (exact) mass is 347 g/mol. The number of aryl methyl sites for hydroxylation is 1. The standard InChI is InChI=1S/C20H37N5/c1-18(2)25-14-12-23(13-15-25)9-5-10-24-8-4-6-19(17-24)16-20-21-7-11-22(20)3/h7,11,18-19H,4-6,8-10,12-17H2,1-3H3. The maximum atomic E-state index is 4.51. The van der Waals surface area contributed by atoms with Crippen LogP contribution in [0.2, 0.25) is 0 Å². The van der Waals surface area contributed by atoms with E-state index in [1.165, 1.54) is 77.4 Å². The molecule has 1 atom stereocenters. The molecule has 0 bridgehead atoms. The predicted octanol–water partition coefficient (Wildman–Crippen LogP) is 2.09. The number of hydrogen-bond acceptors (Lipinski definition) is 4. The highest BCUT2D eigenvalue weighted by Crippen LogP contribution is 2.20. The van der Waals surface area contributed by atoms with Crippen LogP contribution in [0, 0.1) is 5.92 Å². The van der Waals surface area contributed by atoms with Gasteiger partial charge in [-0.2, -0.15) is 0 Å². The number of nitrogens with zero attached hydrogens (tertiary/aromatic N) is 5. The molecular formula is C20H37N5. The largest absolute Gasteiger partial charge is 0.338 e.